The topological polar surface area (TPSA) is 30.5 Å². The van der Waals surface area contributed by atoms with Crippen molar-refractivity contribution in [2.45, 2.75) is 65.0 Å². The summed E-state index contributed by atoms with van der Waals surface area (Å²) in [5, 5.41) is 3.71. The van der Waals surface area contributed by atoms with Crippen molar-refractivity contribution in [1.82, 2.24) is 5.32 Å². The predicted molar refractivity (Wildman–Crippen MR) is 78.4 cm³/mol. The van der Waals surface area contributed by atoms with Crippen LogP contribution in [0, 0.1) is 11.3 Å². The van der Waals surface area contributed by atoms with Crippen LogP contribution in [0.25, 0.3) is 0 Å². The van der Waals surface area contributed by atoms with Gasteiger partial charge in [-0.2, -0.15) is 0 Å². The van der Waals surface area contributed by atoms with Crippen LogP contribution in [0.15, 0.2) is 0 Å². The third kappa shape index (κ3) is 3.14. The molecule has 1 saturated carbocycles. The van der Waals surface area contributed by atoms with E-state index in [0.29, 0.717) is 23.5 Å². The van der Waals surface area contributed by atoms with Crippen molar-refractivity contribution in [3.63, 3.8) is 0 Å². The summed E-state index contributed by atoms with van der Waals surface area (Å²) in [6, 6.07) is 0.660. The van der Waals surface area contributed by atoms with Crippen LogP contribution in [0.3, 0.4) is 0 Å². The van der Waals surface area contributed by atoms with Gasteiger partial charge in [-0.15, -0.1) is 0 Å². The van der Waals surface area contributed by atoms with Gasteiger partial charge in [0.2, 0.25) is 0 Å². The minimum Gasteiger partial charge on any atom is -0.381 e. The van der Waals surface area contributed by atoms with Crippen LogP contribution < -0.4 is 5.32 Å². The highest BCUT2D eigenvalue weighted by Gasteiger charge is 2.53. The molecular weight excluding hydrogens is 238 g/mol. The van der Waals surface area contributed by atoms with Crippen LogP contribution in [0.5, 0.6) is 0 Å². The molecule has 0 bridgehead atoms. The van der Waals surface area contributed by atoms with Gasteiger partial charge in [0.15, 0.2) is 0 Å². The Kier molecular flexibility index (Phi) is 5.67. The molecule has 1 saturated heterocycles. The fraction of sp³-hybridized carbons (Fsp3) is 1.00. The standard InChI is InChI=1S/C16H31NO2/c1-4-8-17-14-10-15(16(14,5-2)6-3)19-12-13-7-9-18-11-13/h13-15,17H,4-12H2,1-3H3. The van der Waals surface area contributed by atoms with Gasteiger partial charge in [0, 0.05) is 24.0 Å². The predicted octanol–water partition coefficient (Wildman–Crippen LogP) is 2.99. The van der Waals surface area contributed by atoms with Gasteiger partial charge >= 0.3 is 0 Å². The Hall–Kier alpha value is -0.120. The lowest BCUT2D eigenvalue weighted by Gasteiger charge is -2.56. The minimum absolute atomic E-state index is 0.370. The van der Waals surface area contributed by atoms with Crippen molar-refractivity contribution in [2.75, 3.05) is 26.4 Å². The molecule has 0 aromatic carbocycles. The second-order valence-electron chi connectivity index (χ2n) is 6.23. The molecule has 3 atom stereocenters. The minimum atomic E-state index is 0.370. The van der Waals surface area contributed by atoms with Crippen LogP contribution in [0.1, 0.15) is 52.9 Å². The number of nitrogens with one attached hydrogen (secondary N) is 1. The van der Waals surface area contributed by atoms with Crippen LogP contribution in [-0.4, -0.2) is 38.5 Å². The summed E-state index contributed by atoms with van der Waals surface area (Å²) < 4.78 is 11.7. The smallest absolute Gasteiger partial charge is 0.0661 e. The average molecular weight is 269 g/mol. The lowest BCUT2D eigenvalue weighted by atomic mass is 9.58. The number of hydrogen-bond donors (Lipinski definition) is 1. The molecule has 0 amide bonds. The molecule has 2 rings (SSSR count). The van der Waals surface area contributed by atoms with E-state index in [4.69, 9.17) is 9.47 Å². The molecule has 3 heteroatoms. The summed E-state index contributed by atoms with van der Waals surface area (Å²) in [5.74, 6) is 0.633. The third-order valence-electron chi connectivity index (χ3n) is 5.30. The summed E-state index contributed by atoms with van der Waals surface area (Å²) >= 11 is 0. The molecule has 3 nitrogen and oxygen atoms in total. The van der Waals surface area contributed by atoms with Gasteiger partial charge in [0.1, 0.15) is 0 Å². The maximum atomic E-state index is 6.25. The fourth-order valence-electron chi connectivity index (χ4n) is 3.75. The van der Waals surface area contributed by atoms with E-state index in [2.05, 4.69) is 26.1 Å². The SMILES string of the molecule is CCCNC1CC(OCC2CCOC2)C1(CC)CC. The van der Waals surface area contributed by atoms with Crippen molar-refractivity contribution in [3.8, 4) is 0 Å². The summed E-state index contributed by atoms with van der Waals surface area (Å²) in [6.45, 7) is 10.7. The molecule has 1 aliphatic heterocycles. The summed E-state index contributed by atoms with van der Waals surface area (Å²) in [6.07, 6.45) is 6.47. The average Bonchev–Trinajstić information content (AvgIpc) is 2.92. The summed E-state index contributed by atoms with van der Waals surface area (Å²) in [4.78, 5) is 0. The lowest BCUT2D eigenvalue weighted by Crippen LogP contribution is -2.63. The van der Waals surface area contributed by atoms with Crippen LogP contribution in [0.2, 0.25) is 0 Å². The zero-order valence-electron chi connectivity index (χ0n) is 12.9. The third-order valence-corrected chi connectivity index (χ3v) is 5.30. The normalized spacial score (nSPS) is 33.3. The fourth-order valence-corrected chi connectivity index (χ4v) is 3.75. The van der Waals surface area contributed by atoms with Crippen LogP contribution >= 0.6 is 0 Å². The maximum absolute atomic E-state index is 6.25. The molecule has 3 unspecified atom stereocenters. The largest absolute Gasteiger partial charge is 0.381 e. The Bertz CT molecular complexity index is 259. The zero-order chi connectivity index (χ0) is 13.7. The highest BCUT2D eigenvalue weighted by molar-refractivity contribution is 5.06. The maximum Gasteiger partial charge on any atom is 0.0661 e. The van der Waals surface area contributed by atoms with Crippen LogP contribution in [-0.2, 0) is 9.47 Å². The monoisotopic (exact) mass is 269 g/mol. The Labute approximate surface area is 118 Å². The van der Waals surface area contributed by atoms with Crippen molar-refractivity contribution < 1.29 is 9.47 Å². The first kappa shape index (κ1) is 15.3. The van der Waals surface area contributed by atoms with Crippen molar-refractivity contribution >= 4 is 0 Å². The van der Waals surface area contributed by atoms with Gasteiger partial charge in [-0.1, -0.05) is 20.8 Å². The Morgan fingerprint density at radius 2 is 2.05 bits per heavy atom. The molecule has 0 aromatic heterocycles. The number of rotatable bonds is 8. The van der Waals surface area contributed by atoms with Gasteiger partial charge in [-0.3, -0.25) is 0 Å². The van der Waals surface area contributed by atoms with E-state index in [1.54, 1.807) is 0 Å². The molecule has 2 fully saturated rings. The van der Waals surface area contributed by atoms with E-state index >= 15 is 0 Å². The molecule has 0 radical (unpaired) electrons. The highest BCUT2D eigenvalue weighted by atomic mass is 16.5. The Balaban J connectivity index is 1.82. The second-order valence-corrected chi connectivity index (χ2v) is 6.23. The van der Waals surface area contributed by atoms with Crippen molar-refractivity contribution in [1.29, 1.82) is 0 Å². The van der Waals surface area contributed by atoms with E-state index in [1.807, 2.05) is 0 Å². The van der Waals surface area contributed by atoms with E-state index in [9.17, 15) is 0 Å². The molecule has 1 N–H and O–H groups in total. The first-order valence-corrected chi connectivity index (χ1v) is 8.19. The molecule has 0 spiro atoms. The molecular formula is C16H31NO2. The van der Waals surface area contributed by atoms with Gasteiger partial charge in [-0.25, -0.2) is 0 Å². The van der Waals surface area contributed by atoms with Crippen LogP contribution in [0.4, 0.5) is 0 Å². The van der Waals surface area contributed by atoms with Gasteiger partial charge in [0.25, 0.3) is 0 Å². The highest BCUT2D eigenvalue weighted by Crippen LogP contribution is 2.49. The molecule has 19 heavy (non-hydrogen) atoms. The van der Waals surface area contributed by atoms with Gasteiger partial charge < -0.3 is 14.8 Å². The molecule has 0 aromatic rings. The van der Waals surface area contributed by atoms with Gasteiger partial charge in [0.05, 0.1) is 19.3 Å². The van der Waals surface area contributed by atoms with Gasteiger partial charge in [-0.05, 0) is 38.6 Å². The Morgan fingerprint density at radius 1 is 1.26 bits per heavy atom. The summed E-state index contributed by atoms with van der Waals surface area (Å²) in [7, 11) is 0. The molecule has 2 aliphatic rings. The second kappa shape index (κ2) is 7.05. The molecule has 112 valence electrons. The van der Waals surface area contributed by atoms with E-state index in [0.717, 1.165) is 26.4 Å². The first-order chi connectivity index (χ1) is 9.26. The quantitative estimate of drug-likeness (QED) is 0.735. The first-order valence-electron chi connectivity index (χ1n) is 8.19. The molecule has 1 heterocycles. The zero-order valence-corrected chi connectivity index (χ0v) is 12.9. The van der Waals surface area contributed by atoms with Crippen molar-refractivity contribution in [2.24, 2.45) is 11.3 Å². The number of ether oxygens (including phenoxy) is 2. The summed E-state index contributed by atoms with van der Waals surface area (Å²) in [5.41, 5.74) is 0.370. The van der Waals surface area contributed by atoms with E-state index in [1.165, 1.54) is 32.1 Å². The Morgan fingerprint density at radius 3 is 2.63 bits per heavy atom. The lowest BCUT2D eigenvalue weighted by molar-refractivity contribution is -0.147. The van der Waals surface area contributed by atoms with E-state index in [-0.39, 0.29) is 0 Å². The number of hydrogen-bond acceptors (Lipinski definition) is 3. The van der Waals surface area contributed by atoms with E-state index < -0.39 is 0 Å². The molecule has 1 aliphatic carbocycles. The van der Waals surface area contributed by atoms with Crippen molar-refractivity contribution in [3.05, 3.63) is 0 Å².